The second-order valence-corrected chi connectivity index (χ2v) is 3.77. The van der Waals surface area contributed by atoms with E-state index in [1.807, 2.05) is 0 Å². The highest BCUT2D eigenvalue weighted by Crippen LogP contribution is 2.30. The first-order chi connectivity index (χ1) is 8.99. The third-order valence-electron chi connectivity index (χ3n) is 2.41. The van der Waals surface area contributed by atoms with Crippen LogP contribution in [0.4, 0.5) is 30.4 Å². The van der Waals surface area contributed by atoms with Gasteiger partial charge in [0.2, 0.25) is 0 Å². The van der Waals surface area contributed by atoms with Crippen LogP contribution in [0.5, 0.6) is 0 Å². The molecule has 1 heterocycles. The van der Waals surface area contributed by atoms with Crippen LogP contribution in [0.15, 0.2) is 42.6 Å². The second kappa shape index (κ2) is 5.15. The number of nitrogens with one attached hydrogen (secondary N) is 2. The summed E-state index contributed by atoms with van der Waals surface area (Å²) in [6, 6.07) is 8.07. The molecule has 0 saturated heterocycles. The zero-order chi connectivity index (χ0) is 13.9. The first-order valence-corrected chi connectivity index (χ1v) is 5.36. The molecule has 0 amide bonds. The average molecular weight is 268 g/mol. The number of hydrogen-bond donors (Lipinski definition) is 3. The van der Waals surface area contributed by atoms with Crippen LogP contribution in [-0.4, -0.2) is 4.98 Å². The topological polar surface area (TPSA) is 63.0 Å². The van der Waals surface area contributed by atoms with Gasteiger partial charge in [-0.1, -0.05) is 0 Å². The fourth-order valence-corrected chi connectivity index (χ4v) is 1.50. The number of aromatic nitrogens is 1. The lowest BCUT2D eigenvalue weighted by Crippen LogP contribution is -2.08. The molecule has 19 heavy (non-hydrogen) atoms. The Morgan fingerprint density at radius 1 is 1.00 bits per heavy atom. The molecule has 0 aliphatic heterocycles. The van der Waals surface area contributed by atoms with Crippen molar-refractivity contribution in [2.24, 2.45) is 5.84 Å². The highest BCUT2D eigenvalue weighted by atomic mass is 19.4. The average Bonchev–Trinajstić information content (AvgIpc) is 2.38. The minimum atomic E-state index is -4.33. The third kappa shape index (κ3) is 3.35. The highest BCUT2D eigenvalue weighted by Gasteiger charge is 2.29. The van der Waals surface area contributed by atoms with Gasteiger partial charge in [-0.15, -0.1) is 0 Å². The molecule has 2 aromatic rings. The molecule has 2 rings (SSSR count). The Kier molecular flexibility index (Phi) is 3.57. The number of hydrazine groups is 1. The molecule has 100 valence electrons. The van der Waals surface area contributed by atoms with Crippen molar-refractivity contribution in [3.63, 3.8) is 0 Å². The van der Waals surface area contributed by atoms with Gasteiger partial charge >= 0.3 is 6.18 Å². The molecule has 0 atom stereocenters. The number of hydrogen-bond acceptors (Lipinski definition) is 4. The summed E-state index contributed by atoms with van der Waals surface area (Å²) in [6.07, 6.45) is -2.80. The molecule has 1 aromatic carbocycles. The van der Waals surface area contributed by atoms with Crippen LogP contribution in [-0.2, 0) is 6.18 Å². The zero-order valence-electron chi connectivity index (χ0n) is 9.70. The van der Waals surface area contributed by atoms with E-state index in [2.05, 4.69) is 15.7 Å². The molecular formula is C12H11F3N4. The van der Waals surface area contributed by atoms with Gasteiger partial charge in [-0.2, -0.15) is 13.2 Å². The summed E-state index contributed by atoms with van der Waals surface area (Å²) in [7, 11) is 0. The molecule has 0 radical (unpaired) electrons. The maximum Gasteiger partial charge on any atom is 0.416 e. The summed E-state index contributed by atoms with van der Waals surface area (Å²) in [5, 5.41) is 2.95. The van der Waals surface area contributed by atoms with Crippen molar-refractivity contribution in [2.75, 3.05) is 10.7 Å². The molecule has 7 heteroatoms. The van der Waals surface area contributed by atoms with Crippen LogP contribution in [0.25, 0.3) is 0 Å². The van der Waals surface area contributed by atoms with Crippen LogP contribution < -0.4 is 16.6 Å². The van der Waals surface area contributed by atoms with E-state index >= 15 is 0 Å². The third-order valence-corrected chi connectivity index (χ3v) is 2.41. The van der Waals surface area contributed by atoms with E-state index in [9.17, 15) is 13.2 Å². The van der Waals surface area contributed by atoms with Gasteiger partial charge in [-0.25, -0.2) is 10.8 Å². The molecule has 4 N–H and O–H groups in total. The van der Waals surface area contributed by atoms with Gasteiger partial charge in [0, 0.05) is 23.6 Å². The molecular weight excluding hydrogens is 257 g/mol. The molecule has 4 nitrogen and oxygen atoms in total. The molecule has 0 aliphatic carbocycles. The predicted molar refractivity (Wildman–Crippen MR) is 66.8 cm³/mol. The Morgan fingerprint density at radius 3 is 2.26 bits per heavy atom. The summed E-state index contributed by atoms with van der Waals surface area (Å²) >= 11 is 0. The molecule has 0 fully saturated rings. The summed E-state index contributed by atoms with van der Waals surface area (Å²) in [4.78, 5) is 3.92. The first-order valence-electron chi connectivity index (χ1n) is 5.36. The fraction of sp³-hybridized carbons (Fsp3) is 0.0833. The zero-order valence-corrected chi connectivity index (χ0v) is 9.70. The second-order valence-electron chi connectivity index (χ2n) is 3.77. The quantitative estimate of drug-likeness (QED) is 0.591. The molecule has 0 bridgehead atoms. The van der Waals surface area contributed by atoms with E-state index in [-0.39, 0.29) is 0 Å². The SMILES string of the molecule is NNc1cc(Nc2ccc(C(F)(F)F)cc2)ccn1. The van der Waals surface area contributed by atoms with Crippen molar-refractivity contribution in [3.05, 3.63) is 48.2 Å². The van der Waals surface area contributed by atoms with Gasteiger partial charge in [-0.05, 0) is 30.3 Å². The summed E-state index contributed by atoms with van der Waals surface area (Å²) in [5.74, 6) is 5.67. The number of alkyl halides is 3. The van der Waals surface area contributed by atoms with E-state index in [1.165, 1.54) is 18.3 Å². The Labute approximate surface area is 107 Å². The Balaban J connectivity index is 2.15. The standard InChI is InChI=1S/C12H11F3N4/c13-12(14,15)8-1-3-9(4-2-8)18-10-5-6-17-11(7-10)19-16/h1-7H,16H2,(H2,17,18,19). The van der Waals surface area contributed by atoms with E-state index in [4.69, 9.17) is 5.84 Å². The van der Waals surface area contributed by atoms with Crippen LogP contribution in [0.2, 0.25) is 0 Å². The number of nitrogens with zero attached hydrogens (tertiary/aromatic N) is 1. The Bertz CT molecular complexity index is 552. The van der Waals surface area contributed by atoms with E-state index in [1.54, 1.807) is 12.1 Å². The predicted octanol–water partition coefficient (Wildman–Crippen LogP) is 3.13. The smallest absolute Gasteiger partial charge is 0.355 e. The van der Waals surface area contributed by atoms with Crippen molar-refractivity contribution in [1.29, 1.82) is 0 Å². The summed E-state index contributed by atoms with van der Waals surface area (Å²) in [6.45, 7) is 0. The number of nitrogens with two attached hydrogens (primary N) is 1. The monoisotopic (exact) mass is 268 g/mol. The minimum Gasteiger partial charge on any atom is -0.355 e. The molecule has 0 unspecified atom stereocenters. The van der Waals surface area contributed by atoms with Crippen LogP contribution in [0.1, 0.15) is 5.56 Å². The lowest BCUT2D eigenvalue weighted by atomic mass is 10.2. The van der Waals surface area contributed by atoms with Gasteiger partial charge in [0.1, 0.15) is 5.82 Å². The highest BCUT2D eigenvalue weighted by molar-refractivity contribution is 5.62. The molecule has 1 aromatic heterocycles. The number of pyridine rings is 1. The van der Waals surface area contributed by atoms with E-state index in [0.717, 1.165) is 12.1 Å². The van der Waals surface area contributed by atoms with Crippen molar-refractivity contribution >= 4 is 17.2 Å². The van der Waals surface area contributed by atoms with Crippen molar-refractivity contribution in [1.82, 2.24) is 4.98 Å². The lowest BCUT2D eigenvalue weighted by molar-refractivity contribution is -0.137. The van der Waals surface area contributed by atoms with Gasteiger partial charge in [0.05, 0.1) is 5.56 Å². The number of anilines is 3. The Hall–Kier alpha value is -2.28. The first kappa shape index (κ1) is 13.2. The van der Waals surface area contributed by atoms with Crippen molar-refractivity contribution in [2.45, 2.75) is 6.18 Å². The normalized spacial score (nSPS) is 11.2. The maximum atomic E-state index is 12.4. The summed E-state index contributed by atoms with van der Waals surface area (Å²) in [5.41, 5.74) is 2.91. The van der Waals surface area contributed by atoms with Crippen LogP contribution >= 0.6 is 0 Å². The number of halogens is 3. The molecule has 0 spiro atoms. The van der Waals surface area contributed by atoms with E-state index in [0.29, 0.717) is 17.2 Å². The fourth-order valence-electron chi connectivity index (χ4n) is 1.50. The van der Waals surface area contributed by atoms with E-state index < -0.39 is 11.7 Å². The van der Waals surface area contributed by atoms with Crippen LogP contribution in [0.3, 0.4) is 0 Å². The van der Waals surface area contributed by atoms with Crippen LogP contribution in [0, 0.1) is 0 Å². The van der Waals surface area contributed by atoms with Gasteiger partial charge < -0.3 is 10.7 Å². The van der Waals surface area contributed by atoms with Gasteiger partial charge in [0.15, 0.2) is 0 Å². The number of benzene rings is 1. The van der Waals surface area contributed by atoms with Gasteiger partial charge in [-0.3, -0.25) is 0 Å². The molecule has 0 saturated carbocycles. The maximum absolute atomic E-state index is 12.4. The minimum absolute atomic E-state index is 0.455. The number of rotatable bonds is 3. The summed E-state index contributed by atoms with van der Waals surface area (Å²) < 4.78 is 37.2. The number of nitrogen functional groups attached to an aromatic ring is 1. The van der Waals surface area contributed by atoms with Crippen molar-refractivity contribution in [3.8, 4) is 0 Å². The lowest BCUT2D eigenvalue weighted by Gasteiger charge is -2.10. The largest absolute Gasteiger partial charge is 0.416 e. The molecule has 0 aliphatic rings. The van der Waals surface area contributed by atoms with Crippen molar-refractivity contribution < 1.29 is 13.2 Å². The Morgan fingerprint density at radius 2 is 1.68 bits per heavy atom. The van der Waals surface area contributed by atoms with Gasteiger partial charge in [0.25, 0.3) is 0 Å².